The zero-order valence-corrected chi connectivity index (χ0v) is 11.5. The molecule has 1 rings (SSSR count). The van der Waals surface area contributed by atoms with Crippen LogP contribution in [0.1, 0.15) is 19.8 Å². The minimum Gasteiger partial charge on any atom is -0.355 e. The Morgan fingerprint density at radius 3 is 2.94 bits per heavy atom. The smallest absolute Gasteiger partial charge is 0.266 e. The van der Waals surface area contributed by atoms with Crippen LogP contribution in [0.15, 0.2) is 11.1 Å². The van der Waals surface area contributed by atoms with Crippen molar-refractivity contribution in [3.05, 3.63) is 20.3 Å². The first-order chi connectivity index (χ1) is 7.70. The monoisotopic (exact) mass is 336 g/mol. The maximum atomic E-state index is 11.5. The van der Waals surface area contributed by atoms with Gasteiger partial charge >= 0.3 is 0 Å². The van der Waals surface area contributed by atoms with Crippen molar-refractivity contribution in [2.75, 3.05) is 24.5 Å². The highest BCUT2D eigenvalue weighted by Crippen LogP contribution is 2.15. The number of nitrogens with zero attached hydrogens (tertiary/aromatic N) is 2. The second-order valence-electron chi connectivity index (χ2n) is 3.50. The van der Waals surface area contributed by atoms with Crippen molar-refractivity contribution in [1.29, 1.82) is 0 Å². The molecule has 0 fully saturated rings. The Hall–Kier alpha value is -0.630. The van der Waals surface area contributed by atoms with Crippen LogP contribution in [0.2, 0.25) is 0 Å². The molecule has 6 heteroatoms. The van der Waals surface area contributed by atoms with Gasteiger partial charge in [-0.3, -0.25) is 4.79 Å². The summed E-state index contributed by atoms with van der Waals surface area (Å²) in [5.74, 6) is 0.764. The Labute approximate surface area is 109 Å². The molecule has 1 aromatic heterocycles. The molecule has 0 spiro atoms. The molecular weight excluding hydrogens is 319 g/mol. The van der Waals surface area contributed by atoms with Crippen LogP contribution in [0.3, 0.4) is 0 Å². The van der Waals surface area contributed by atoms with E-state index in [0.717, 1.165) is 31.7 Å². The summed E-state index contributed by atoms with van der Waals surface area (Å²) in [4.78, 5) is 20.4. The molecule has 16 heavy (non-hydrogen) atoms. The van der Waals surface area contributed by atoms with E-state index in [0.29, 0.717) is 10.1 Å². The van der Waals surface area contributed by atoms with Crippen molar-refractivity contribution >= 4 is 28.4 Å². The summed E-state index contributed by atoms with van der Waals surface area (Å²) in [6.45, 7) is 4.50. The summed E-state index contributed by atoms with van der Waals surface area (Å²) in [7, 11) is 0. The van der Waals surface area contributed by atoms with Gasteiger partial charge in [-0.15, -0.1) is 0 Å². The van der Waals surface area contributed by atoms with E-state index in [1.54, 1.807) is 0 Å². The first kappa shape index (κ1) is 13.4. The molecule has 3 N–H and O–H groups in total. The third-order valence-electron chi connectivity index (χ3n) is 2.20. The summed E-state index contributed by atoms with van der Waals surface area (Å²) in [5.41, 5.74) is 5.42. The van der Waals surface area contributed by atoms with Gasteiger partial charge in [0.15, 0.2) is 0 Å². The molecule has 0 bridgehead atoms. The third-order valence-corrected chi connectivity index (χ3v) is 3.18. The van der Waals surface area contributed by atoms with Crippen LogP contribution in [0.25, 0.3) is 0 Å². The van der Waals surface area contributed by atoms with Crippen LogP contribution < -0.4 is 16.2 Å². The van der Waals surface area contributed by atoms with Crippen LogP contribution in [0, 0.1) is 3.57 Å². The summed E-state index contributed by atoms with van der Waals surface area (Å²) in [6.07, 6.45) is 3.38. The second kappa shape index (κ2) is 6.85. The molecule has 0 unspecified atom stereocenters. The average Bonchev–Trinajstić information content (AvgIpc) is 2.28. The predicted octanol–water partition coefficient (Wildman–Crippen LogP) is 0.940. The van der Waals surface area contributed by atoms with Crippen LogP contribution >= 0.6 is 22.6 Å². The van der Waals surface area contributed by atoms with Crippen LogP contribution in [-0.4, -0.2) is 29.6 Å². The highest BCUT2D eigenvalue weighted by molar-refractivity contribution is 14.1. The summed E-state index contributed by atoms with van der Waals surface area (Å²) in [6, 6.07) is 0. The summed E-state index contributed by atoms with van der Waals surface area (Å²) >= 11 is 2.03. The predicted molar refractivity (Wildman–Crippen MR) is 73.8 cm³/mol. The van der Waals surface area contributed by atoms with Crippen molar-refractivity contribution < 1.29 is 0 Å². The highest BCUT2D eigenvalue weighted by atomic mass is 127. The average molecular weight is 336 g/mol. The van der Waals surface area contributed by atoms with Crippen molar-refractivity contribution in [2.45, 2.75) is 19.8 Å². The third kappa shape index (κ3) is 3.44. The zero-order chi connectivity index (χ0) is 12.0. The molecule has 0 radical (unpaired) electrons. The molecule has 0 saturated heterocycles. The normalized spacial score (nSPS) is 10.4. The Morgan fingerprint density at radius 2 is 2.31 bits per heavy atom. The van der Waals surface area contributed by atoms with Gasteiger partial charge in [0.05, 0.1) is 6.33 Å². The van der Waals surface area contributed by atoms with Crippen LogP contribution in [-0.2, 0) is 0 Å². The second-order valence-corrected chi connectivity index (χ2v) is 4.58. The van der Waals surface area contributed by atoms with E-state index < -0.39 is 0 Å². The van der Waals surface area contributed by atoms with Crippen molar-refractivity contribution in [3.63, 3.8) is 0 Å². The lowest BCUT2D eigenvalue weighted by Gasteiger charge is -2.23. The van der Waals surface area contributed by atoms with Gasteiger partial charge in [0.25, 0.3) is 5.56 Å². The number of nitrogens with one attached hydrogen (secondary N) is 1. The molecule has 0 amide bonds. The van der Waals surface area contributed by atoms with E-state index in [9.17, 15) is 4.79 Å². The van der Waals surface area contributed by atoms with E-state index in [-0.39, 0.29) is 5.56 Å². The number of halogens is 1. The Bertz CT molecular complexity index is 379. The first-order valence-electron chi connectivity index (χ1n) is 5.39. The maximum absolute atomic E-state index is 11.5. The molecule has 0 atom stereocenters. The molecule has 0 aliphatic rings. The largest absolute Gasteiger partial charge is 0.355 e. The number of aromatic amines is 1. The lowest BCUT2D eigenvalue weighted by molar-refractivity contribution is 0.707. The van der Waals surface area contributed by atoms with Gasteiger partial charge in [-0.2, -0.15) is 0 Å². The number of rotatable bonds is 6. The topological polar surface area (TPSA) is 75.0 Å². The number of nitrogens with two attached hydrogens (primary N) is 1. The molecule has 1 aromatic rings. The van der Waals surface area contributed by atoms with E-state index in [4.69, 9.17) is 5.73 Å². The van der Waals surface area contributed by atoms with Crippen LogP contribution in [0.5, 0.6) is 0 Å². The lowest BCUT2D eigenvalue weighted by atomic mass is 10.3. The van der Waals surface area contributed by atoms with E-state index in [2.05, 4.69) is 21.8 Å². The van der Waals surface area contributed by atoms with E-state index >= 15 is 0 Å². The fraction of sp³-hybridized carbons (Fsp3) is 0.600. The molecule has 0 saturated carbocycles. The molecular formula is C10H17IN4O. The highest BCUT2D eigenvalue weighted by Gasteiger charge is 2.12. The molecule has 5 nitrogen and oxygen atoms in total. The molecule has 0 aliphatic carbocycles. The fourth-order valence-corrected chi connectivity index (χ4v) is 2.11. The maximum Gasteiger partial charge on any atom is 0.266 e. The van der Waals surface area contributed by atoms with Gasteiger partial charge in [-0.25, -0.2) is 4.98 Å². The number of hydrogen-bond acceptors (Lipinski definition) is 4. The fourth-order valence-electron chi connectivity index (χ4n) is 1.47. The minimum atomic E-state index is -0.0838. The Kier molecular flexibility index (Phi) is 5.75. The van der Waals surface area contributed by atoms with Gasteiger partial charge in [0.1, 0.15) is 9.39 Å². The van der Waals surface area contributed by atoms with Crippen molar-refractivity contribution in [3.8, 4) is 0 Å². The van der Waals surface area contributed by atoms with E-state index in [1.807, 2.05) is 22.6 Å². The summed E-state index contributed by atoms with van der Waals surface area (Å²) < 4.78 is 0.644. The Morgan fingerprint density at radius 1 is 1.56 bits per heavy atom. The van der Waals surface area contributed by atoms with Crippen molar-refractivity contribution in [2.24, 2.45) is 5.73 Å². The number of anilines is 1. The van der Waals surface area contributed by atoms with E-state index in [1.165, 1.54) is 6.33 Å². The van der Waals surface area contributed by atoms with Gasteiger partial charge in [-0.05, 0) is 42.0 Å². The number of aromatic nitrogens is 2. The number of H-pyrrole nitrogens is 1. The minimum absolute atomic E-state index is 0.0838. The Balaban J connectivity index is 2.91. The van der Waals surface area contributed by atoms with Gasteiger partial charge < -0.3 is 15.6 Å². The summed E-state index contributed by atoms with van der Waals surface area (Å²) in [5, 5.41) is 0. The molecule has 0 aromatic carbocycles. The standard InChI is InChI=1S/C10H17IN4O/c1-2-5-15(6-3-4-12)9-8(11)10(16)14-7-13-9/h7H,2-6,12H2,1H3,(H,13,14,16). The SMILES string of the molecule is CCCN(CCCN)c1nc[nH]c(=O)c1I. The first-order valence-corrected chi connectivity index (χ1v) is 6.46. The molecule has 0 aliphatic heterocycles. The van der Waals surface area contributed by atoms with Gasteiger partial charge in [0, 0.05) is 13.1 Å². The quantitative estimate of drug-likeness (QED) is 0.759. The number of hydrogen-bond donors (Lipinski definition) is 2. The lowest BCUT2D eigenvalue weighted by Crippen LogP contribution is -2.30. The zero-order valence-electron chi connectivity index (χ0n) is 9.37. The van der Waals surface area contributed by atoms with Crippen LogP contribution in [0.4, 0.5) is 5.82 Å². The van der Waals surface area contributed by atoms with Crippen molar-refractivity contribution in [1.82, 2.24) is 9.97 Å². The van der Waals surface area contributed by atoms with Gasteiger partial charge in [0.2, 0.25) is 0 Å². The molecule has 90 valence electrons. The molecule has 1 heterocycles. The van der Waals surface area contributed by atoms with Gasteiger partial charge in [-0.1, -0.05) is 6.92 Å².